The van der Waals surface area contributed by atoms with Gasteiger partial charge in [0.2, 0.25) is 5.91 Å². The number of nitrogens with one attached hydrogen (secondary N) is 1. The Morgan fingerprint density at radius 3 is 2.56 bits per heavy atom. The molecule has 1 heterocycles. The zero-order valence-corrected chi connectivity index (χ0v) is 9.78. The van der Waals surface area contributed by atoms with Crippen LogP contribution in [0, 0.1) is 0 Å². The molecule has 0 aromatic carbocycles. The molecule has 6 nitrogen and oxygen atoms in total. The number of carbonyl (C=O) groups excluding carboxylic acids is 1. The molecule has 1 amide bonds. The smallest absolute Gasteiger partial charge is 0.224 e. The van der Waals surface area contributed by atoms with Crippen LogP contribution in [0.5, 0.6) is 0 Å². The van der Waals surface area contributed by atoms with E-state index in [1.54, 1.807) is 0 Å². The van der Waals surface area contributed by atoms with Gasteiger partial charge in [-0.1, -0.05) is 0 Å². The average Bonchev–Trinajstić information content (AvgIpc) is 2.28. The molecule has 1 aliphatic rings. The largest absolute Gasteiger partial charge is 0.370 e. The number of nitrogens with two attached hydrogens (primary N) is 2. The van der Waals surface area contributed by atoms with Gasteiger partial charge in [0, 0.05) is 25.6 Å². The van der Waals surface area contributed by atoms with E-state index in [0.717, 1.165) is 25.9 Å². The zero-order chi connectivity index (χ0) is 12.0. The van der Waals surface area contributed by atoms with E-state index in [0.29, 0.717) is 19.0 Å². The molecule has 92 valence electrons. The topological polar surface area (TPSA) is 96.7 Å². The van der Waals surface area contributed by atoms with Crippen molar-refractivity contribution in [3.8, 4) is 0 Å². The lowest BCUT2D eigenvalue weighted by atomic mass is 10.1. The van der Waals surface area contributed by atoms with Crippen LogP contribution in [-0.2, 0) is 4.79 Å². The van der Waals surface area contributed by atoms with Crippen LogP contribution in [0.15, 0.2) is 4.99 Å². The number of nitrogens with zero attached hydrogens (tertiary/aromatic N) is 2. The van der Waals surface area contributed by atoms with Crippen molar-refractivity contribution < 1.29 is 4.79 Å². The third kappa shape index (κ3) is 4.06. The van der Waals surface area contributed by atoms with Gasteiger partial charge in [-0.2, -0.15) is 0 Å². The van der Waals surface area contributed by atoms with Gasteiger partial charge in [0.25, 0.3) is 0 Å². The van der Waals surface area contributed by atoms with Gasteiger partial charge in [-0.05, 0) is 19.9 Å². The minimum Gasteiger partial charge on any atom is -0.370 e. The minimum absolute atomic E-state index is 0.0432. The predicted octanol–water partition coefficient (Wildman–Crippen LogP) is -1.14. The first-order chi connectivity index (χ1) is 7.63. The summed E-state index contributed by atoms with van der Waals surface area (Å²) >= 11 is 0. The first-order valence-electron chi connectivity index (χ1n) is 5.64. The Hall–Kier alpha value is -1.30. The van der Waals surface area contributed by atoms with E-state index >= 15 is 0 Å². The molecular weight excluding hydrogens is 206 g/mol. The van der Waals surface area contributed by atoms with Crippen LogP contribution < -0.4 is 16.8 Å². The fourth-order valence-electron chi connectivity index (χ4n) is 1.86. The third-order valence-corrected chi connectivity index (χ3v) is 2.88. The van der Waals surface area contributed by atoms with Crippen molar-refractivity contribution in [3.63, 3.8) is 0 Å². The number of rotatable bonds is 4. The summed E-state index contributed by atoms with van der Waals surface area (Å²) in [5, 5.41) is 3.23. The Kier molecular flexibility index (Phi) is 5.04. The van der Waals surface area contributed by atoms with Crippen molar-refractivity contribution in [2.75, 3.05) is 26.7 Å². The third-order valence-electron chi connectivity index (χ3n) is 2.88. The maximum Gasteiger partial charge on any atom is 0.224 e. The maximum absolute atomic E-state index is 11.7. The lowest BCUT2D eigenvalue weighted by molar-refractivity contribution is -0.132. The normalized spacial score (nSPS) is 17.2. The minimum atomic E-state index is 0.0432. The quantitative estimate of drug-likeness (QED) is 0.418. The molecule has 0 unspecified atom stereocenters. The van der Waals surface area contributed by atoms with Crippen LogP contribution in [0.25, 0.3) is 0 Å². The number of guanidine groups is 1. The summed E-state index contributed by atoms with van der Waals surface area (Å²) < 4.78 is 0. The summed E-state index contributed by atoms with van der Waals surface area (Å²) in [6.07, 6.45) is 2.43. The second-order valence-corrected chi connectivity index (χ2v) is 4.00. The molecule has 0 atom stereocenters. The summed E-state index contributed by atoms with van der Waals surface area (Å²) in [5.41, 5.74) is 10.4. The Morgan fingerprint density at radius 1 is 1.44 bits per heavy atom. The molecule has 16 heavy (non-hydrogen) atoms. The van der Waals surface area contributed by atoms with E-state index in [1.807, 2.05) is 11.9 Å². The maximum atomic E-state index is 11.7. The number of carbonyl (C=O) groups is 1. The molecule has 5 N–H and O–H groups in total. The second kappa shape index (κ2) is 6.32. The zero-order valence-electron chi connectivity index (χ0n) is 9.78. The Morgan fingerprint density at radius 2 is 2.06 bits per heavy atom. The molecule has 1 rings (SSSR count). The number of hydrogen-bond acceptors (Lipinski definition) is 3. The van der Waals surface area contributed by atoms with Crippen LogP contribution in [0.3, 0.4) is 0 Å². The molecule has 1 fully saturated rings. The van der Waals surface area contributed by atoms with E-state index in [-0.39, 0.29) is 11.9 Å². The van der Waals surface area contributed by atoms with Crippen LogP contribution in [-0.4, -0.2) is 49.5 Å². The summed E-state index contributed by atoms with van der Waals surface area (Å²) in [6.45, 7) is 2.03. The molecule has 0 aromatic rings. The predicted molar refractivity (Wildman–Crippen MR) is 64.0 cm³/mol. The van der Waals surface area contributed by atoms with Crippen LogP contribution >= 0.6 is 0 Å². The van der Waals surface area contributed by atoms with E-state index in [4.69, 9.17) is 11.5 Å². The highest BCUT2D eigenvalue weighted by molar-refractivity contribution is 5.78. The fraction of sp³-hybridized carbons (Fsp3) is 0.800. The average molecular weight is 227 g/mol. The second-order valence-electron chi connectivity index (χ2n) is 4.00. The fourth-order valence-corrected chi connectivity index (χ4v) is 1.86. The molecular formula is C10H21N5O. The summed E-state index contributed by atoms with van der Waals surface area (Å²) in [6, 6.07) is 0.543. The van der Waals surface area contributed by atoms with Gasteiger partial charge in [-0.25, -0.2) is 0 Å². The molecule has 0 aromatic heterocycles. The molecule has 1 aliphatic heterocycles. The molecule has 0 bridgehead atoms. The number of amides is 1. The molecule has 0 spiro atoms. The number of aliphatic imine (C=N–C) groups is 1. The highest BCUT2D eigenvalue weighted by Gasteiger charge is 2.20. The van der Waals surface area contributed by atoms with Crippen molar-refractivity contribution in [1.82, 2.24) is 10.2 Å². The SMILES string of the molecule is CNC1CCN(C(=O)CCN=C(N)N)CC1. The van der Waals surface area contributed by atoms with Crippen molar-refractivity contribution in [3.05, 3.63) is 0 Å². The van der Waals surface area contributed by atoms with Crippen LogP contribution in [0.1, 0.15) is 19.3 Å². The van der Waals surface area contributed by atoms with Crippen LogP contribution in [0.4, 0.5) is 0 Å². The van der Waals surface area contributed by atoms with E-state index in [9.17, 15) is 4.79 Å². The Labute approximate surface area is 96.1 Å². The molecule has 0 aliphatic carbocycles. The first-order valence-corrected chi connectivity index (χ1v) is 5.64. The van der Waals surface area contributed by atoms with Gasteiger partial charge in [0.15, 0.2) is 5.96 Å². The van der Waals surface area contributed by atoms with Crippen molar-refractivity contribution in [2.24, 2.45) is 16.5 Å². The van der Waals surface area contributed by atoms with E-state index < -0.39 is 0 Å². The van der Waals surface area contributed by atoms with Gasteiger partial charge in [-0.3, -0.25) is 9.79 Å². The lowest BCUT2D eigenvalue weighted by Gasteiger charge is -2.31. The van der Waals surface area contributed by atoms with Gasteiger partial charge in [0.05, 0.1) is 6.54 Å². The summed E-state index contributed by atoms with van der Waals surface area (Å²) in [7, 11) is 1.96. The molecule has 6 heteroatoms. The first kappa shape index (κ1) is 12.8. The molecule has 1 saturated heterocycles. The molecule has 0 saturated carbocycles. The Balaban J connectivity index is 2.25. The van der Waals surface area contributed by atoms with E-state index in [1.165, 1.54) is 0 Å². The van der Waals surface area contributed by atoms with Crippen LogP contribution in [0.2, 0.25) is 0 Å². The van der Waals surface area contributed by atoms with E-state index in [2.05, 4.69) is 10.3 Å². The summed E-state index contributed by atoms with van der Waals surface area (Å²) in [5.74, 6) is 0.182. The van der Waals surface area contributed by atoms with Crippen molar-refractivity contribution >= 4 is 11.9 Å². The molecule has 0 radical (unpaired) electrons. The summed E-state index contributed by atoms with van der Waals surface area (Å²) in [4.78, 5) is 17.4. The van der Waals surface area contributed by atoms with Gasteiger partial charge in [0.1, 0.15) is 0 Å². The van der Waals surface area contributed by atoms with Crippen molar-refractivity contribution in [2.45, 2.75) is 25.3 Å². The van der Waals surface area contributed by atoms with Gasteiger partial charge >= 0.3 is 0 Å². The van der Waals surface area contributed by atoms with Gasteiger partial charge < -0.3 is 21.7 Å². The number of piperidine rings is 1. The number of likely N-dealkylation sites (tertiary alicyclic amines) is 1. The monoisotopic (exact) mass is 227 g/mol. The standard InChI is InChI=1S/C10H21N5O/c1-13-8-3-6-15(7-4-8)9(16)2-5-14-10(11)12/h8,13H,2-7H2,1H3,(H4,11,12,14). The number of hydrogen-bond donors (Lipinski definition) is 3. The lowest BCUT2D eigenvalue weighted by Crippen LogP contribution is -2.44. The van der Waals surface area contributed by atoms with Gasteiger partial charge in [-0.15, -0.1) is 0 Å². The van der Waals surface area contributed by atoms with Crippen molar-refractivity contribution in [1.29, 1.82) is 0 Å². The Bertz CT molecular complexity index is 254. The highest BCUT2D eigenvalue weighted by Crippen LogP contribution is 2.10. The highest BCUT2D eigenvalue weighted by atomic mass is 16.2.